The number of rotatable bonds is 6. The monoisotopic (exact) mass is 420 g/mol. The highest BCUT2D eigenvalue weighted by molar-refractivity contribution is 6.30. The topological polar surface area (TPSA) is 49.4 Å². The molecule has 6 heteroatoms. The normalized spacial score (nSPS) is 12.4. The predicted molar refractivity (Wildman–Crippen MR) is 115 cm³/mol. The molecule has 0 aliphatic heterocycles. The van der Waals surface area contributed by atoms with Crippen molar-refractivity contribution < 1.29 is 9.59 Å². The number of carbonyl (C=O) groups is 2. The van der Waals surface area contributed by atoms with Crippen LogP contribution in [-0.2, 0) is 22.6 Å². The molecule has 0 aliphatic rings. The lowest BCUT2D eigenvalue weighted by Crippen LogP contribution is -2.52. The Hall–Kier alpha value is -2.04. The lowest BCUT2D eigenvalue weighted by Gasteiger charge is -2.31. The van der Waals surface area contributed by atoms with Gasteiger partial charge in [0.2, 0.25) is 11.8 Å². The van der Waals surface area contributed by atoms with Crippen LogP contribution in [0.4, 0.5) is 0 Å². The van der Waals surface area contributed by atoms with Gasteiger partial charge in [-0.25, -0.2) is 0 Å². The average molecular weight is 421 g/mol. The number of carbonyl (C=O) groups excluding carboxylic acids is 2. The molecule has 150 valence electrons. The Labute approximate surface area is 176 Å². The van der Waals surface area contributed by atoms with Crippen molar-refractivity contribution in [3.63, 3.8) is 0 Å². The van der Waals surface area contributed by atoms with Crippen LogP contribution in [0.3, 0.4) is 0 Å². The van der Waals surface area contributed by atoms with Crippen LogP contribution in [0.15, 0.2) is 48.5 Å². The molecule has 4 nitrogen and oxygen atoms in total. The predicted octanol–water partition coefficient (Wildman–Crippen LogP) is 4.87. The van der Waals surface area contributed by atoms with Gasteiger partial charge in [-0.2, -0.15) is 0 Å². The van der Waals surface area contributed by atoms with Gasteiger partial charge in [-0.3, -0.25) is 9.59 Å². The molecular formula is C22H26Cl2N2O2. The van der Waals surface area contributed by atoms with Gasteiger partial charge in [-0.1, -0.05) is 47.5 Å². The molecular weight excluding hydrogens is 395 g/mol. The molecule has 0 bridgehead atoms. The molecule has 2 rings (SSSR count). The molecule has 28 heavy (non-hydrogen) atoms. The van der Waals surface area contributed by atoms with Crippen molar-refractivity contribution in [2.75, 3.05) is 0 Å². The quantitative estimate of drug-likeness (QED) is 0.724. The Bertz CT molecular complexity index is 829. The van der Waals surface area contributed by atoms with Crippen LogP contribution >= 0.6 is 23.2 Å². The molecule has 0 fully saturated rings. The van der Waals surface area contributed by atoms with E-state index in [2.05, 4.69) is 5.32 Å². The number of amides is 2. The van der Waals surface area contributed by atoms with E-state index >= 15 is 0 Å². The van der Waals surface area contributed by atoms with E-state index < -0.39 is 6.04 Å². The Kier molecular flexibility index (Phi) is 7.50. The summed E-state index contributed by atoms with van der Waals surface area (Å²) in [6, 6.07) is 13.8. The number of nitrogens with one attached hydrogen (secondary N) is 1. The molecule has 0 heterocycles. The largest absolute Gasteiger partial charge is 0.350 e. The molecule has 0 spiro atoms. The van der Waals surface area contributed by atoms with Gasteiger partial charge in [0.25, 0.3) is 0 Å². The summed E-state index contributed by atoms with van der Waals surface area (Å²) in [4.78, 5) is 27.4. The van der Waals surface area contributed by atoms with Gasteiger partial charge in [0.15, 0.2) is 0 Å². The van der Waals surface area contributed by atoms with Crippen LogP contribution in [-0.4, -0.2) is 28.3 Å². The molecule has 0 radical (unpaired) electrons. The van der Waals surface area contributed by atoms with Gasteiger partial charge in [0.1, 0.15) is 6.04 Å². The minimum absolute atomic E-state index is 0.140. The minimum Gasteiger partial charge on any atom is -0.350 e. The Morgan fingerprint density at radius 2 is 1.64 bits per heavy atom. The fourth-order valence-corrected chi connectivity index (χ4v) is 3.11. The number of benzene rings is 2. The number of hydrogen-bond acceptors (Lipinski definition) is 2. The molecule has 1 atom stereocenters. The van der Waals surface area contributed by atoms with Crippen molar-refractivity contribution in [3.05, 3.63) is 69.7 Å². The zero-order chi connectivity index (χ0) is 20.9. The van der Waals surface area contributed by atoms with E-state index in [9.17, 15) is 9.59 Å². The fraction of sp³-hybridized carbons (Fsp3) is 0.364. The SMILES string of the molecule is C[C@H](C(=O)NC(C)(C)C)N(Cc1cccc(Cl)c1)C(=O)Cc1ccc(Cl)cc1. The third kappa shape index (κ3) is 6.84. The summed E-state index contributed by atoms with van der Waals surface area (Å²) in [5, 5.41) is 4.15. The summed E-state index contributed by atoms with van der Waals surface area (Å²) in [5.74, 6) is -0.335. The molecule has 0 saturated carbocycles. The van der Waals surface area contributed by atoms with Crippen LogP contribution in [0.5, 0.6) is 0 Å². The zero-order valence-corrected chi connectivity index (χ0v) is 18.1. The third-order valence-electron chi connectivity index (χ3n) is 4.18. The van der Waals surface area contributed by atoms with E-state index in [1.165, 1.54) is 0 Å². The lowest BCUT2D eigenvalue weighted by atomic mass is 10.1. The number of hydrogen-bond donors (Lipinski definition) is 1. The molecule has 2 aromatic rings. The Balaban J connectivity index is 2.24. The van der Waals surface area contributed by atoms with Crippen molar-refractivity contribution in [3.8, 4) is 0 Å². The first-order valence-corrected chi connectivity index (χ1v) is 9.91. The minimum atomic E-state index is -0.627. The van der Waals surface area contributed by atoms with Crippen LogP contribution in [0.1, 0.15) is 38.8 Å². The maximum Gasteiger partial charge on any atom is 0.242 e. The van der Waals surface area contributed by atoms with Gasteiger partial charge >= 0.3 is 0 Å². The first-order chi connectivity index (χ1) is 13.0. The number of nitrogens with zero attached hydrogens (tertiary/aromatic N) is 1. The van der Waals surface area contributed by atoms with Gasteiger partial charge in [-0.15, -0.1) is 0 Å². The summed E-state index contributed by atoms with van der Waals surface area (Å²) in [7, 11) is 0. The highest BCUT2D eigenvalue weighted by atomic mass is 35.5. The second-order valence-electron chi connectivity index (χ2n) is 7.87. The van der Waals surface area contributed by atoms with E-state index in [0.29, 0.717) is 16.6 Å². The third-order valence-corrected chi connectivity index (χ3v) is 4.66. The van der Waals surface area contributed by atoms with Crippen molar-refractivity contribution in [2.45, 2.75) is 52.2 Å². The molecule has 1 N–H and O–H groups in total. The molecule has 0 unspecified atom stereocenters. The molecule has 0 aromatic heterocycles. The van der Waals surface area contributed by atoms with Gasteiger partial charge < -0.3 is 10.2 Å². The lowest BCUT2D eigenvalue weighted by molar-refractivity contribution is -0.140. The smallest absolute Gasteiger partial charge is 0.242 e. The first-order valence-electron chi connectivity index (χ1n) is 9.15. The first kappa shape index (κ1) is 22.3. The summed E-state index contributed by atoms with van der Waals surface area (Å²) in [6.45, 7) is 7.77. The van der Waals surface area contributed by atoms with Crippen LogP contribution in [0.2, 0.25) is 10.0 Å². The fourth-order valence-electron chi connectivity index (χ4n) is 2.77. The van der Waals surface area contributed by atoms with Gasteiger partial charge in [0, 0.05) is 22.1 Å². The molecule has 0 saturated heterocycles. The van der Waals surface area contributed by atoms with E-state index in [4.69, 9.17) is 23.2 Å². The number of halogens is 2. The summed E-state index contributed by atoms with van der Waals surface area (Å²) in [5.41, 5.74) is 1.33. The maximum absolute atomic E-state index is 13.1. The summed E-state index contributed by atoms with van der Waals surface area (Å²) < 4.78 is 0. The summed E-state index contributed by atoms with van der Waals surface area (Å²) in [6.07, 6.45) is 0.185. The zero-order valence-electron chi connectivity index (χ0n) is 16.6. The van der Waals surface area contributed by atoms with Crippen LogP contribution in [0.25, 0.3) is 0 Å². The highest BCUT2D eigenvalue weighted by Crippen LogP contribution is 2.17. The van der Waals surface area contributed by atoms with Crippen molar-refractivity contribution in [1.82, 2.24) is 10.2 Å². The highest BCUT2D eigenvalue weighted by Gasteiger charge is 2.28. The van der Waals surface area contributed by atoms with Crippen LogP contribution in [0, 0.1) is 0 Å². The summed E-state index contributed by atoms with van der Waals surface area (Å²) >= 11 is 12.0. The molecule has 0 aliphatic carbocycles. The van der Waals surface area contributed by atoms with Crippen molar-refractivity contribution in [1.29, 1.82) is 0 Å². The van der Waals surface area contributed by atoms with E-state index in [-0.39, 0.29) is 23.8 Å². The van der Waals surface area contributed by atoms with Crippen molar-refractivity contribution in [2.24, 2.45) is 0 Å². The van der Waals surface area contributed by atoms with E-state index in [1.807, 2.05) is 45.0 Å². The molecule has 2 amide bonds. The van der Waals surface area contributed by atoms with Crippen molar-refractivity contribution >= 4 is 35.0 Å². The van der Waals surface area contributed by atoms with E-state index in [1.54, 1.807) is 36.1 Å². The van der Waals surface area contributed by atoms with Crippen LogP contribution < -0.4 is 5.32 Å². The van der Waals surface area contributed by atoms with Gasteiger partial charge in [0.05, 0.1) is 6.42 Å². The standard InChI is InChI=1S/C22H26Cl2N2O2/c1-15(21(28)25-22(2,3)4)26(14-17-6-5-7-19(24)12-17)20(27)13-16-8-10-18(23)11-9-16/h5-12,15H,13-14H2,1-4H3,(H,25,28)/t15-/m1/s1. The molecule has 2 aromatic carbocycles. The Morgan fingerprint density at radius 3 is 2.21 bits per heavy atom. The average Bonchev–Trinajstić information content (AvgIpc) is 2.59. The van der Waals surface area contributed by atoms with Gasteiger partial charge in [-0.05, 0) is 63.1 Å². The second-order valence-corrected chi connectivity index (χ2v) is 8.74. The maximum atomic E-state index is 13.1. The second kappa shape index (κ2) is 9.44. The van der Waals surface area contributed by atoms with E-state index in [0.717, 1.165) is 11.1 Å². The Morgan fingerprint density at radius 1 is 1.00 bits per heavy atom.